The third-order valence-electron chi connectivity index (χ3n) is 4.76. The maximum absolute atomic E-state index is 13.5. The van der Waals surface area contributed by atoms with Crippen LogP contribution in [0.4, 0.5) is 23.2 Å². The van der Waals surface area contributed by atoms with E-state index in [0.717, 1.165) is 12.1 Å². The summed E-state index contributed by atoms with van der Waals surface area (Å²) in [6.45, 7) is 3.56. The van der Waals surface area contributed by atoms with E-state index in [0.29, 0.717) is 6.92 Å². The summed E-state index contributed by atoms with van der Waals surface area (Å²) >= 11 is 0. The average Bonchev–Trinajstić information content (AvgIpc) is 2.90. The molecule has 11 heteroatoms. The molecule has 2 N–H and O–H groups in total. The first-order valence-electron chi connectivity index (χ1n) is 8.88. The van der Waals surface area contributed by atoms with Crippen LogP contribution in [-0.4, -0.2) is 34.4 Å². The number of alkyl halides is 3. The van der Waals surface area contributed by atoms with Crippen LogP contribution in [0.3, 0.4) is 0 Å². The van der Waals surface area contributed by atoms with Crippen LogP contribution >= 0.6 is 0 Å². The van der Waals surface area contributed by atoms with Crippen molar-refractivity contribution in [2.75, 3.05) is 5.32 Å². The number of rotatable bonds is 5. The zero-order valence-corrected chi connectivity index (χ0v) is 16.9. The van der Waals surface area contributed by atoms with Crippen LogP contribution < -0.4 is 10.6 Å². The summed E-state index contributed by atoms with van der Waals surface area (Å²) < 4.78 is 52.7. The van der Waals surface area contributed by atoms with E-state index in [1.807, 2.05) is 0 Å². The van der Waals surface area contributed by atoms with Gasteiger partial charge in [-0.05, 0) is 44.5 Å². The highest BCUT2D eigenvalue weighted by Gasteiger charge is 2.39. The number of nitrogens with zero attached hydrogens (tertiary/aromatic N) is 2. The molecule has 164 valence electrons. The highest BCUT2D eigenvalue weighted by atomic mass is 19.4. The Morgan fingerprint density at radius 2 is 1.81 bits per heavy atom. The first-order chi connectivity index (χ1) is 14.3. The molecule has 2 rings (SSSR count). The second-order valence-electron chi connectivity index (χ2n) is 6.82. The van der Waals surface area contributed by atoms with Crippen molar-refractivity contribution < 1.29 is 31.9 Å². The van der Waals surface area contributed by atoms with Crippen LogP contribution in [0.2, 0.25) is 0 Å². The summed E-state index contributed by atoms with van der Waals surface area (Å²) in [5.41, 5.74) is -0.0323. The van der Waals surface area contributed by atoms with Crippen LogP contribution in [0.5, 0.6) is 0 Å². The van der Waals surface area contributed by atoms with Gasteiger partial charge in [0.1, 0.15) is 17.9 Å². The molecule has 2 amide bonds. The number of Topliss-reactive ketones (excluding diaryl/α,β-unsaturated/α-hetero) is 1. The van der Waals surface area contributed by atoms with E-state index < -0.39 is 35.6 Å². The summed E-state index contributed by atoms with van der Waals surface area (Å²) in [6.07, 6.45) is -4.72. The number of carbonyl (C=O) groups excluding carboxylic acids is 3. The number of anilines is 1. The van der Waals surface area contributed by atoms with Crippen LogP contribution in [0.15, 0.2) is 18.2 Å². The first kappa shape index (κ1) is 23.6. The summed E-state index contributed by atoms with van der Waals surface area (Å²) in [6, 6.07) is 2.76. The predicted octanol–water partition coefficient (Wildman–Crippen LogP) is 3.15. The van der Waals surface area contributed by atoms with Gasteiger partial charge in [0.25, 0.3) is 17.6 Å². The Labute approximate surface area is 174 Å². The van der Waals surface area contributed by atoms with Crippen molar-refractivity contribution in [1.82, 2.24) is 9.88 Å². The van der Waals surface area contributed by atoms with Crippen molar-refractivity contribution in [2.24, 2.45) is 7.05 Å². The molecule has 0 fully saturated rings. The van der Waals surface area contributed by atoms with E-state index in [1.165, 1.54) is 31.5 Å². The van der Waals surface area contributed by atoms with E-state index in [4.69, 9.17) is 5.26 Å². The zero-order valence-electron chi connectivity index (χ0n) is 16.9. The van der Waals surface area contributed by atoms with Crippen LogP contribution in [0.1, 0.15) is 44.6 Å². The number of hydrogen-bond donors (Lipinski definition) is 2. The molecular weight excluding hydrogens is 420 g/mol. The van der Waals surface area contributed by atoms with Gasteiger partial charge in [0.05, 0.1) is 16.8 Å². The summed E-state index contributed by atoms with van der Waals surface area (Å²) in [5.74, 6) is -4.16. The van der Waals surface area contributed by atoms with Crippen LogP contribution in [0, 0.1) is 31.0 Å². The molecule has 1 unspecified atom stereocenters. The highest BCUT2D eigenvalue weighted by molar-refractivity contribution is 6.43. The number of aromatic nitrogens is 1. The molecule has 0 spiro atoms. The maximum atomic E-state index is 13.5. The number of benzene rings is 1. The molecule has 1 heterocycles. The molecule has 7 nitrogen and oxygen atoms in total. The minimum atomic E-state index is -4.72. The number of amides is 2. The number of nitrogens with one attached hydrogen (secondary N) is 2. The number of hydrogen-bond acceptors (Lipinski definition) is 4. The van der Waals surface area contributed by atoms with Gasteiger partial charge in [0.2, 0.25) is 0 Å². The summed E-state index contributed by atoms with van der Waals surface area (Å²) in [5, 5.41) is 13.0. The standard InChI is InChI=1S/C20H18F4N4O3/c1-9-15(18(30)27-13-5-6-14(21)12(7-13)8-25)10(2)28(4)16(9)17(29)19(31)26-11(3)20(22,23)24/h5-7,11H,1-4H3,(H,26,31)(H,27,30). The van der Waals surface area contributed by atoms with E-state index in [2.05, 4.69) is 5.32 Å². The second-order valence-corrected chi connectivity index (χ2v) is 6.82. The van der Waals surface area contributed by atoms with E-state index in [-0.39, 0.29) is 33.8 Å². The van der Waals surface area contributed by atoms with Crippen molar-refractivity contribution >= 4 is 23.3 Å². The molecule has 0 aliphatic carbocycles. The summed E-state index contributed by atoms with van der Waals surface area (Å²) in [4.78, 5) is 37.3. The fraction of sp³-hybridized carbons (Fsp3) is 0.300. The van der Waals surface area contributed by atoms with Gasteiger partial charge in [-0.25, -0.2) is 4.39 Å². The molecule has 31 heavy (non-hydrogen) atoms. The monoisotopic (exact) mass is 438 g/mol. The Balaban J connectivity index is 2.35. The normalized spacial score (nSPS) is 12.1. The largest absolute Gasteiger partial charge is 0.408 e. The zero-order chi connectivity index (χ0) is 23.7. The highest BCUT2D eigenvalue weighted by Crippen LogP contribution is 2.24. The molecule has 0 radical (unpaired) electrons. The van der Waals surface area contributed by atoms with Gasteiger partial charge in [-0.2, -0.15) is 18.4 Å². The number of ketones is 1. The molecule has 0 saturated heterocycles. The van der Waals surface area contributed by atoms with Gasteiger partial charge in [-0.3, -0.25) is 14.4 Å². The molecule has 0 saturated carbocycles. The summed E-state index contributed by atoms with van der Waals surface area (Å²) in [7, 11) is 1.39. The van der Waals surface area contributed by atoms with E-state index in [9.17, 15) is 31.9 Å². The lowest BCUT2D eigenvalue weighted by Crippen LogP contribution is -2.46. The first-order valence-corrected chi connectivity index (χ1v) is 8.88. The Kier molecular flexibility index (Phi) is 6.54. The molecule has 1 atom stereocenters. The molecule has 2 aromatic rings. The molecule has 1 aromatic heterocycles. The van der Waals surface area contributed by atoms with Gasteiger partial charge >= 0.3 is 6.18 Å². The van der Waals surface area contributed by atoms with Crippen LogP contribution in [0.25, 0.3) is 0 Å². The van der Waals surface area contributed by atoms with Crippen molar-refractivity contribution in [3.8, 4) is 6.07 Å². The van der Waals surface area contributed by atoms with Crippen molar-refractivity contribution in [3.05, 3.63) is 52.1 Å². The molecule has 1 aromatic carbocycles. The number of halogens is 4. The quantitative estimate of drug-likeness (QED) is 0.425. The fourth-order valence-corrected chi connectivity index (χ4v) is 2.97. The molecule has 0 aliphatic heterocycles. The third-order valence-corrected chi connectivity index (χ3v) is 4.76. The molecule has 0 aliphatic rings. The Morgan fingerprint density at radius 1 is 1.19 bits per heavy atom. The Morgan fingerprint density at radius 3 is 2.35 bits per heavy atom. The van der Waals surface area contributed by atoms with Gasteiger partial charge < -0.3 is 15.2 Å². The minimum absolute atomic E-state index is 0.0188. The van der Waals surface area contributed by atoms with Gasteiger partial charge in [0, 0.05) is 18.4 Å². The SMILES string of the molecule is Cc1c(C(=O)Nc2ccc(F)c(C#N)c2)c(C)n(C)c1C(=O)C(=O)NC(C)C(F)(F)F. The van der Waals surface area contributed by atoms with Gasteiger partial charge in [0.15, 0.2) is 0 Å². The minimum Gasteiger partial charge on any atom is -0.344 e. The lowest BCUT2D eigenvalue weighted by Gasteiger charge is -2.16. The number of nitriles is 1. The Bertz CT molecular complexity index is 1110. The van der Waals surface area contributed by atoms with Crippen molar-refractivity contribution in [3.63, 3.8) is 0 Å². The topological polar surface area (TPSA) is 104 Å². The van der Waals surface area contributed by atoms with Crippen molar-refractivity contribution in [2.45, 2.75) is 33.0 Å². The van der Waals surface area contributed by atoms with Gasteiger partial charge in [-0.15, -0.1) is 0 Å². The van der Waals surface area contributed by atoms with Gasteiger partial charge in [-0.1, -0.05) is 0 Å². The lowest BCUT2D eigenvalue weighted by atomic mass is 10.1. The predicted molar refractivity (Wildman–Crippen MR) is 102 cm³/mol. The third kappa shape index (κ3) is 4.74. The van der Waals surface area contributed by atoms with E-state index in [1.54, 1.807) is 11.4 Å². The lowest BCUT2D eigenvalue weighted by molar-refractivity contribution is -0.156. The molecule has 0 bridgehead atoms. The maximum Gasteiger partial charge on any atom is 0.408 e. The molecular formula is C20H18F4N4O3. The smallest absolute Gasteiger partial charge is 0.344 e. The average molecular weight is 438 g/mol. The van der Waals surface area contributed by atoms with E-state index >= 15 is 0 Å². The Hall–Kier alpha value is -3.68. The second kappa shape index (κ2) is 8.59. The van der Waals surface area contributed by atoms with Crippen molar-refractivity contribution in [1.29, 1.82) is 5.26 Å². The number of carbonyl (C=O) groups is 3. The fourth-order valence-electron chi connectivity index (χ4n) is 2.97. The van der Waals surface area contributed by atoms with Crippen LogP contribution in [-0.2, 0) is 11.8 Å².